The van der Waals surface area contributed by atoms with Crippen molar-refractivity contribution in [3.05, 3.63) is 214 Å². The Morgan fingerprint density at radius 3 is 1.85 bits per heavy atom. The van der Waals surface area contributed by atoms with Crippen molar-refractivity contribution in [3.63, 3.8) is 0 Å². The van der Waals surface area contributed by atoms with Gasteiger partial charge in [0, 0.05) is 36.7 Å². The van der Waals surface area contributed by atoms with E-state index in [2.05, 4.69) is 186 Å². The van der Waals surface area contributed by atoms with Crippen LogP contribution in [0.5, 0.6) is 0 Å². The third kappa shape index (κ3) is 5.57. The molecule has 59 heavy (non-hydrogen) atoms. The van der Waals surface area contributed by atoms with Gasteiger partial charge in [-0.15, -0.1) is 11.3 Å². The second kappa shape index (κ2) is 14.1. The molecule has 0 radical (unpaired) electrons. The minimum Gasteiger partial charge on any atom is -0.209 e. The molecule has 2 aliphatic carbocycles. The number of nitrogens with zero attached hydrogens (tertiary/aromatic N) is 3. The van der Waals surface area contributed by atoms with Crippen LogP contribution < -0.4 is 0 Å². The van der Waals surface area contributed by atoms with Crippen molar-refractivity contribution in [2.45, 2.75) is 52.4 Å². The molecule has 1 spiro atoms. The summed E-state index contributed by atoms with van der Waals surface area (Å²) in [4.78, 5) is 15.2. The highest BCUT2D eigenvalue weighted by molar-refractivity contribution is 7.25. The van der Waals surface area contributed by atoms with Crippen molar-refractivity contribution in [2.75, 3.05) is 0 Å². The van der Waals surface area contributed by atoms with E-state index in [9.17, 15) is 0 Å². The summed E-state index contributed by atoms with van der Waals surface area (Å²) >= 11 is 1.80. The zero-order valence-electron chi connectivity index (χ0n) is 34.3. The van der Waals surface area contributed by atoms with E-state index in [0.717, 1.165) is 22.3 Å². The van der Waals surface area contributed by atoms with Gasteiger partial charge >= 0.3 is 0 Å². The fourth-order valence-electron chi connectivity index (χ4n) is 9.91. The first kappa shape index (κ1) is 36.8. The minimum atomic E-state index is -0.405. The first-order valence-corrected chi connectivity index (χ1v) is 21.3. The van der Waals surface area contributed by atoms with Crippen molar-refractivity contribution in [1.82, 2.24) is 15.0 Å². The number of benzene rings is 6. The Hall–Kier alpha value is -6.49. The van der Waals surface area contributed by atoms with E-state index in [4.69, 9.17) is 15.0 Å². The van der Waals surface area contributed by atoms with Crippen LogP contribution in [0.4, 0.5) is 0 Å². The third-order valence-electron chi connectivity index (χ3n) is 12.7. The van der Waals surface area contributed by atoms with Gasteiger partial charge in [0.05, 0.1) is 5.41 Å². The van der Waals surface area contributed by atoms with Crippen LogP contribution in [0.15, 0.2) is 169 Å². The Morgan fingerprint density at radius 2 is 1.17 bits per heavy atom. The molecule has 0 bridgehead atoms. The molecule has 2 heterocycles. The zero-order valence-corrected chi connectivity index (χ0v) is 35.2. The minimum absolute atomic E-state index is 0.128. The number of allylic oxidation sites excluding steroid dienone is 8. The van der Waals surface area contributed by atoms with E-state index in [1.54, 1.807) is 11.3 Å². The number of hydrogen-bond donors (Lipinski definition) is 0. The maximum Gasteiger partial charge on any atom is 0.164 e. The summed E-state index contributed by atoms with van der Waals surface area (Å²) < 4.78 is 2.50. The summed E-state index contributed by atoms with van der Waals surface area (Å²) in [6.07, 6.45) is 8.40. The standard InChI is InChI=1S/C55H45N3S/c1-7-9-18-34(3)51-56-52(58-53(57-51)38-31-32-41-40-19-11-17-26-48(40)59-49(41)33-38)37-29-27-36(28-30-37)39(8-2)50-35(4)55(43-21-12-10-20-42(43)50)46-24-15-13-22-44(46)54(5,6)45-23-14-16-25-47(45)55/h7-33H,1-6H3/b9-7-,34-18+,39-8-. The van der Waals surface area contributed by atoms with Crippen molar-refractivity contribution >= 4 is 48.2 Å². The van der Waals surface area contributed by atoms with Gasteiger partial charge in [-0.25, -0.2) is 15.0 Å². The predicted molar refractivity (Wildman–Crippen MR) is 250 cm³/mol. The Balaban J connectivity index is 1.10. The lowest BCUT2D eigenvalue weighted by molar-refractivity contribution is 0.558. The van der Waals surface area contributed by atoms with Crippen LogP contribution in [0, 0.1) is 0 Å². The fourth-order valence-corrected chi connectivity index (χ4v) is 11.1. The molecule has 0 saturated carbocycles. The molecular weight excluding hydrogens is 735 g/mol. The number of aromatic nitrogens is 3. The Labute approximate surface area is 350 Å². The number of rotatable bonds is 6. The van der Waals surface area contributed by atoms with Gasteiger partial charge in [-0.2, -0.15) is 0 Å². The van der Waals surface area contributed by atoms with Crippen LogP contribution in [0.3, 0.4) is 0 Å². The summed E-state index contributed by atoms with van der Waals surface area (Å²) in [7, 11) is 0. The van der Waals surface area contributed by atoms with Gasteiger partial charge in [-0.1, -0.05) is 166 Å². The molecule has 0 amide bonds. The van der Waals surface area contributed by atoms with Crippen LogP contribution in [0.2, 0.25) is 0 Å². The molecule has 4 heteroatoms. The average molecular weight is 780 g/mol. The normalized spacial score (nSPS) is 15.6. The Bertz CT molecular complexity index is 3070. The molecule has 0 N–H and O–H groups in total. The SMILES string of the molecule is C/C=C\C=C(/C)c1nc(-c2ccc(/C(=C/C)C3=C(C)C4(c5ccccc53)c3ccccc3C(C)(C)c3ccccc34)cc2)nc(-c2ccc3c(c2)sc2ccccc23)n1. The van der Waals surface area contributed by atoms with E-state index in [-0.39, 0.29) is 5.41 Å². The van der Waals surface area contributed by atoms with E-state index in [1.807, 2.05) is 19.1 Å². The fraction of sp³-hybridized carbons (Fsp3) is 0.145. The van der Waals surface area contributed by atoms with Gasteiger partial charge in [-0.3, -0.25) is 0 Å². The molecule has 8 aromatic rings. The summed E-state index contributed by atoms with van der Waals surface area (Å²) in [5, 5.41) is 2.53. The van der Waals surface area contributed by atoms with Crippen LogP contribution in [0.25, 0.3) is 59.7 Å². The molecule has 286 valence electrons. The molecule has 6 aromatic carbocycles. The lowest BCUT2D eigenvalue weighted by Gasteiger charge is -2.47. The first-order chi connectivity index (χ1) is 28.7. The van der Waals surface area contributed by atoms with E-state index in [0.29, 0.717) is 17.5 Å². The second-order valence-corrected chi connectivity index (χ2v) is 17.4. The van der Waals surface area contributed by atoms with Crippen LogP contribution in [-0.4, -0.2) is 15.0 Å². The zero-order chi connectivity index (χ0) is 40.5. The summed E-state index contributed by atoms with van der Waals surface area (Å²) in [5.74, 6) is 1.99. The highest BCUT2D eigenvalue weighted by Gasteiger charge is 2.53. The van der Waals surface area contributed by atoms with Crippen LogP contribution in [-0.2, 0) is 10.8 Å². The van der Waals surface area contributed by atoms with Gasteiger partial charge in [0.25, 0.3) is 0 Å². The number of fused-ring (bicyclic) bond motifs is 9. The lowest BCUT2D eigenvalue weighted by Crippen LogP contribution is -2.40. The summed E-state index contributed by atoms with van der Waals surface area (Å²) in [6.45, 7) is 13.4. The molecule has 10 rings (SSSR count). The van der Waals surface area contributed by atoms with Gasteiger partial charge in [0.2, 0.25) is 0 Å². The monoisotopic (exact) mass is 779 g/mol. The van der Waals surface area contributed by atoms with Crippen molar-refractivity contribution in [2.24, 2.45) is 0 Å². The number of thiophene rings is 1. The molecule has 3 nitrogen and oxygen atoms in total. The topological polar surface area (TPSA) is 38.7 Å². The van der Waals surface area contributed by atoms with Gasteiger partial charge < -0.3 is 0 Å². The van der Waals surface area contributed by atoms with Crippen molar-refractivity contribution in [1.29, 1.82) is 0 Å². The molecule has 0 aliphatic heterocycles. The van der Waals surface area contributed by atoms with Gasteiger partial charge in [0.15, 0.2) is 17.5 Å². The molecule has 0 fully saturated rings. The molecule has 2 aliphatic rings. The molecule has 2 aromatic heterocycles. The molecule has 0 saturated heterocycles. The highest BCUT2D eigenvalue weighted by Crippen LogP contribution is 2.62. The quantitative estimate of drug-likeness (QED) is 0.158. The predicted octanol–water partition coefficient (Wildman–Crippen LogP) is 14.4. The summed E-state index contributed by atoms with van der Waals surface area (Å²) in [6, 6.07) is 51.3. The van der Waals surface area contributed by atoms with Crippen molar-refractivity contribution < 1.29 is 0 Å². The smallest absolute Gasteiger partial charge is 0.164 e. The van der Waals surface area contributed by atoms with E-state index in [1.165, 1.54) is 70.3 Å². The molecular formula is C55H45N3S. The highest BCUT2D eigenvalue weighted by atomic mass is 32.1. The maximum atomic E-state index is 5.14. The molecule has 0 unspecified atom stereocenters. The van der Waals surface area contributed by atoms with Gasteiger partial charge in [0.1, 0.15) is 0 Å². The Kier molecular flexibility index (Phi) is 8.81. The third-order valence-corrected chi connectivity index (χ3v) is 13.9. The van der Waals surface area contributed by atoms with E-state index >= 15 is 0 Å². The number of hydrogen-bond acceptors (Lipinski definition) is 4. The molecule has 0 atom stereocenters. The first-order valence-electron chi connectivity index (χ1n) is 20.5. The second-order valence-electron chi connectivity index (χ2n) is 16.3. The maximum absolute atomic E-state index is 5.14. The van der Waals surface area contributed by atoms with Crippen LogP contribution >= 0.6 is 11.3 Å². The average Bonchev–Trinajstić information content (AvgIpc) is 3.77. The van der Waals surface area contributed by atoms with Crippen molar-refractivity contribution in [3.8, 4) is 22.8 Å². The lowest BCUT2D eigenvalue weighted by atomic mass is 9.55. The van der Waals surface area contributed by atoms with E-state index < -0.39 is 5.41 Å². The van der Waals surface area contributed by atoms with Gasteiger partial charge in [-0.05, 0) is 101 Å². The van der Waals surface area contributed by atoms with Crippen LogP contribution in [0.1, 0.15) is 86.3 Å². The Morgan fingerprint density at radius 1 is 0.593 bits per heavy atom. The summed E-state index contributed by atoms with van der Waals surface area (Å²) in [5.41, 5.74) is 15.6. The largest absolute Gasteiger partial charge is 0.209 e.